The zero-order chi connectivity index (χ0) is 15.4. The van der Waals surface area contributed by atoms with E-state index in [4.69, 9.17) is 16.3 Å². The second-order valence-corrected chi connectivity index (χ2v) is 6.37. The van der Waals surface area contributed by atoms with Gasteiger partial charge in [0.2, 0.25) is 0 Å². The van der Waals surface area contributed by atoms with E-state index in [2.05, 4.69) is 28.6 Å². The smallest absolute Gasteiger partial charge is 0.191 e. The van der Waals surface area contributed by atoms with Crippen LogP contribution in [0, 0.1) is 0 Å². The highest BCUT2D eigenvalue weighted by Crippen LogP contribution is 2.34. The molecule has 3 rings (SSSR count). The van der Waals surface area contributed by atoms with Gasteiger partial charge in [-0.05, 0) is 44.2 Å². The Bertz CT molecular complexity index is 534. The minimum Gasteiger partial charge on any atom is -0.373 e. The van der Waals surface area contributed by atoms with E-state index >= 15 is 0 Å². The molecule has 0 aromatic heterocycles. The van der Waals surface area contributed by atoms with Crippen molar-refractivity contribution in [3.63, 3.8) is 0 Å². The third kappa shape index (κ3) is 3.73. The van der Waals surface area contributed by atoms with Crippen molar-refractivity contribution in [3.05, 3.63) is 34.9 Å². The van der Waals surface area contributed by atoms with Gasteiger partial charge in [0.05, 0.1) is 18.2 Å². The number of hydrogen-bond donors (Lipinski definition) is 2. The average Bonchev–Trinajstić information content (AvgIpc) is 3.12. The summed E-state index contributed by atoms with van der Waals surface area (Å²) < 4.78 is 5.89. The van der Waals surface area contributed by atoms with Gasteiger partial charge in [-0.2, -0.15) is 0 Å². The largest absolute Gasteiger partial charge is 0.373 e. The van der Waals surface area contributed by atoms with Gasteiger partial charge < -0.3 is 15.4 Å². The first-order chi connectivity index (χ1) is 10.8. The van der Waals surface area contributed by atoms with Crippen LogP contribution in [0.2, 0.25) is 5.02 Å². The number of rotatable bonds is 5. The van der Waals surface area contributed by atoms with Gasteiger partial charge >= 0.3 is 0 Å². The first-order valence-electron chi connectivity index (χ1n) is 8.20. The second-order valence-electron chi connectivity index (χ2n) is 5.96. The van der Waals surface area contributed by atoms with E-state index in [1.165, 1.54) is 12.8 Å². The fourth-order valence-corrected chi connectivity index (χ4v) is 3.50. The summed E-state index contributed by atoms with van der Waals surface area (Å²) in [6.07, 6.45) is 5.14. The van der Waals surface area contributed by atoms with Crippen molar-refractivity contribution in [2.45, 2.75) is 50.9 Å². The summed E-state index contributed by atoms with van der Waals surface area (Å²) in [5.74, 6) is 0.885. The van der Waals surface area contributed by atoms with Crippen molar-refractivity contribution < 1.29 is 4.74 Å². The number of guanidine groups is 1. The molecular weight excluding hydrogens is 298 g/mol. The van der Waals surface area contributed by atoms with Gasteiger partial charge in [-0.25, -0.2) is 0 Å². The van der Waals surface area contributed by atoms with Crippen LogP contribution in [0.3, 0.4) is 0 Å². The second kappa shape index (κ2) is 7.34. The van der Waals surface area contributed by atoms with Crippen LogP contribution < -0.4 is 10.6 Å². The van der Waals surface area contributed by atoms with Gasteiger partial charge in [-0.1, -0.05) is 29.8 Å². The number of benzene rings is 1. The van der Waals surface area contributed by atoms with Crippen LogP contribution in [-0.2, 0) is 11.2 Å². The molecule has 3 unspecified atom stereocenters. The molecule has 2 heterocycles. The predicted molar refractivity (Wildman–Crippen MR) is 90.6 cm³/mol. The topological polar surface area (TPSA) is 45.7 Å². The van der Waals surface area contributed by atoms with Crippen LogP contribution in [0.1, 0.15) is 31.7 Å². The van der Waals surface area contributed by atoms with Crippen LogP contribution >= 0.6 is 11.6 Å². The molecule has 2 aliphatic rings. The number of hydrogen-bond acceptors (Lipinski definition) is 2. The van der Waals surface area contributed by atoms with Crippen molar-refractivity contribution in [1.82, 2.24) is 10.6 Å². The average molecular weight is 322 g/mol. The SMILES string of the molecule is CCNC(=NCCc1ccccc1Cl)NC1CC2CCC1O2. The Morgan fingerprint density at radius 1 is 1.36 bits per heavy atom. The standard InChI is InChI=1S/C17H24ClN3O/c1-2-19-17(21-15-11-13-7-8-16(15)22-13)20-10-9-12-5-3-4-6-14(12)18/h3-6,13,15-16H,2,7-11H2,1H3,(H2,19,20,21). The van der Waals surface area contributed by atoms with Crippen molar-refractivity contribution in [1.29, 1.82) is 0 Å². The highest BCUT2D eigenvalue weighted by Gasteiger charge is 2.41. The van der Waals surface area contributed by atoms with Crippen LogP contribution in [0.4, 0.5) is 0 Å². The predicted octanol–water partition coefficient (Wildman–Crippen LogP) is 2.76. The number of nitrogens with one attached hydrogen (secondary N) is 2. The molecule has 5 heteroatoms. The van der Waals surface area contributed by atoms with Gasteiger partial charge in [-0.15, -0.1) is 0 Å². The summed E-state index contributed by atoms with van der Waals surface area (Å²) in [6.45, 7) is 3.67. The lowest BCUT2D eigenvalue weighted by Crippen LogP contribution is -2.47. The third-order valence-corrected chi connectivity index (χ3v) is 4.75. The number of nitrogens with zero attached hydrogens (tertiary/aromatic N) is 1. The summed E-state index contributed by atoms with van der Waals surface area (Å²) in [5, 5.41) is 7.67. The monoisotopic (exact) mass is 321 g/mol. The quantitative estimate of drug-likeness (QED) is 0.647. The molecule has 2 saturated heterocycles. The van der Waals surface area contributed by atoms with Gasteiger partial charge in [-0.3, -0.25) is 4.99 Å². The summed E-state index contributed by atoms with van der Waals surface area (Å²) in [4.78, 5) is 4.68. The maximum absolute atomic E-state index is 6.18. The van der Waals surface area contributed by atoms with Gasteiger partial charge in [0, 0.05) is 18.1 Å². The molecule has 2 bridgehead atoms. The number of aliphatic imine (C=N–C) groups is 1. The molecule has 1 aromatic carbocycles. The van der Waals surface area contributed by atoms with Crippen LogP contribution in [0.15, 0.2) is 29.3 Å². The van der Waals surface area contributed by atoms with E-state index in [-0.39, 0.29) is 0 Å². The molecule has 0 saturated carbocycles. The first kappa shape index (κ1) is 15.6. The molecule has 120 valence electrons. The Hall–Kier alpha value is -1.26. The number of ether oxygens (including phenoxy) is 1. The third-order valence-electron chi connectivity index (χ3n) is 4.38. The Kier molecular flexibility index (Phi) is 5.21. The molecule has 4 nitrogen and oxygen atoms in total. The van der Waals surface area contributed by atoms with E-state index < -0.39 is 0 Å². The van der Waals surface area contributed by atoms with Crippen molar-refractivity contribution in [2.75, 3.05) is 13.1 Å². The fourth-order valence-electron chi connectivity index (χ4n) is 3.27. The maximum atomic E-state index is 6.18. The van der Waals surface area contributed by atoms with Crippen molar-refractivity contribution >= 4 is 17.6 Å². The molecule has 0 spiro atoms. The highest BCUT2D eigenvalue weighted by molar-refractivity contribution is 6.31. The van der Waals surface area contributed by atoms with Gasteiger partial charge in [0.15, 0.2) is 5.96 Å². The first-order valence-corrected chi connectivity index (χ1v) is 8.57. The van der Waals surface area contributed by atoms with Gasteiger partial charge in [0.25, 0.3) is 0 Å². The van der Waals surface area contributed by atoms with E-state index in [1.807, 2.05) is 18.2 Å². The van der Waals surface area contributed by atoms with Crippen molar-refractivity contribution in [3.8, 4) is 0 Å². The highest BCUT2D eigenvalue weighted by atomic mass is 35.5. The summed E-state index contributed by atoms with van der Waals surface area (Å²) in [6, 6.07) is 8.35. The van der Waals surface area contributed by atoms with E-state index in [0.717, 1.165) is 42.5 Å². The summed E-state index contributed by atoms with van der Waals surface area (Å²) >= 11 is 6.18. The molecule has 3 atom stereocenters. The minimum absolute atomic E-state index is 0.359. The summed E-state index contributed by atoms with van der Waals surface area (Å²) in [5.41, 5.74) is 1.15. The zero-order valence-corrected chi connectivity index (χ0v) is 13.8. The van der Waals surface area contributed by atoms with Crippen molar-refractivity contribution in [2.24, 2.45) is 4.99 Å². The van der Waals surface area contributed by atoms with Crippen LogP contribution in [0.25, 0.3) is 0 Å². The van der Waals surface area contributed by atoms with Crippen LogP contribution in [-0.4, -0.2) is 37.3 Å². The van der Waals surface area contributed by atoms with E-state index in [0.29, 0.717) is 18.2 Å². The lowest BCUT2D eigenvalue weighted by atomic mass is 9.96. The number of fused-ring (bicyclic) bond motifs is 2. The summed E-state index contributed by atoms with van der Waals surface area (Å²) in [7, 11) is 0. The van der Waals surface area contributed by atoms with Crippen LogP contribution in [0.5, 0.6) is 0 Å². The molecule has 2 aliphatic heterocycles. The Labute approximate surface area is 137 Å². The fraction of sp³-hybridized carbons (Fsp3) is 0.588. The molecule has 22 heavy (non-hydrogen) atoms. The Balaban J connectivity index is 1.55. The zero-order valence-electron chi connectivity index (χ0n) is 13.0. The lowest BCUT2D eigenvalue weighted by molar-refractivity contribution is 0.0992. The molecule has 2 N–H and O–H groups in total. The van der Waals surface area contributed by atoms with E-state index in [9.17, 15) is 0 Å². The maximum Gasteiger partial charge on any atom is 0.191 e. The Morgan fingerprint density at radius 2 is 2.23 bits per heavy atom. The minimum atomic E-state index is 0.359. The molecule has 1 aromatic rings. The van der Waals surface area contributed by atoms with E-state index in [1.54, 1.807) is 0 Å². The molecule has 0 radical (unpaired) electrons. The van der Waals surface area contributed by atoms with Gasteiger partial charge in [0.1, 0.15) is 0 Å². The molecule has 0 amide bonds. The molecular formula is C17H24ClN3O. The molecule has 0 aliphatic carbocycles. The Morgan fingerprint density at radius 3 is 2.91 bits per heavy atom. The lowest BCUT2D eigenvalue weighted by Gasteiger charge is -2.22. The normalized spacial score (nSPS) is 27.2. The number of halogens is 1. The molecule has 2 fully saturated rings.